The minimum absolute atomic E-state index is 0.280. The fraction of sp³-hybridized carbons (Fsp3) is 0.400. The van der Waals surface area contributed by atoms with E-state index in [0.717, 1.165) is 12.3 Å². The van der Waals surface area contributed by atoms with E-state index in [1.54, 1.807) is 14.0 Å². The van der Waals surface area contributed by atoms with Gasteiger partial charge in [-0.25, -0.2) is 4.79 Å². The Labute approximate surface area is 114 Å². The van der Waals surface area contributed by atoms with Gasteiger partial charge in [-0.15, -0.1) is 0 Å². The summed E-state index contributed by atoms with van der Waals surface area (Å²) in [6, 6.07) is 7.95. The zero-order chi connectivity index (χ0) is 14.3. The molecule has 0 spiro atoms. The lowest BCUT2D eigenvalue weighted by atomic mass is 10.2. The Morgan fingerprint density at radius 3 is 2.42 bits per heavy atom. The number of hydrogen-bond donors (Lipinski definition) is 0. The fourth-order valence-corrected chi connectivity index (χ4v) is 1.64. The van der Waals surface area contributed by atoms with Gasteiger partial charge in [0, 0.05) is 18.7 Å². The van der Waals surface area contributed by atoms with E-state index in [9.17, 15) is 4.79 Å². The molecule has 104 valence electrons. The number of rotatable bonds is 6. The molecule has 0 atom stereocenters. The molecule has 1 aromatic rings. The van der Waals surface area contributed by atoms with Crippen LogP contribution in [0.25, 0.3) is 0 Å². The molecule has 0 aromatic heterocycles. The summed E-state index contributed by atoms with van der Waals surface area (Å²) in [4.78, 5) is 13.3. The monoisotopic (exact) mass is 263 g/mol. The van der Waals surface area contributed by atoms with Crippen LogP contribution in [0.3, 0.4) is 0 Å². The Kier molecular flexibility index (Phi) is 6.09. The van der Waals surface area contributed by atoms with E-state index in [4.69, 9.17) is 4.74 Å². The van der Waals surface area contributed by atoms with Crippen LogP contribution in [0.15, 0.2) is 35.9 Å². The molecular weight excluding hydrogens is 242 g/mol. The van der Waals surface area contributed by atoms with Gasteiger partial charge in [0.1, 0.15) is 5.75 Å². The second kappa shape index (κ2) is 7.59. The van der Waals surface area contributed by atoms with E-state index in [2.05, 4.69) is 9.64 Å². The van der Waals surface area contributed by atoms with Crippen LogP contribution >= 0.6 is 0 Å². The molecule has 4 nitrogen and oxygen atoms in total. The zero-order valence-corrected chi connectivity index (χ0v) is 12.0. The highest BCUT2D eigenvalue weighted by molar-refractivity contribution is 5.87. The van der Waals surface area contributed by atoms with Crippen LogP contribution in [0, 0.1) is 0 Å². The second-order valence-corrected chi connectivity index (χ2v) is 4.42. The van der Waals surface area contributed by atoms with E-state index in [-0.39, 0.29) is 5.97 Å². The summed E-state index contributed by atoms with van der Waals surface area (Å²) in [5.74, 6) is 0.575. The highest BCUT2D eigenvalue weighted by Gasteiger charge is 2.04. The number of ether oxygens (including phenoxy) is 2. The van der Waals surface area contributed by atoms with E-state index in [1.165, 1.54) is 12.7 Å². The number of hydrogen-bond acceptors (Lipinski definition) is 4. The highest BCUT2D eigenvalue weighted by atomic mass is 16.5. The summed E-state index contributed by atoms with van der Waals surface area (Å²) >= 11 is 0. The maximum Gasteiger partial charge on any atom is 0.333 e. The predicted molar refractivity (Wildman–Crippen MR) is 75.1 cm³/mol. The average molecular weight is 263 g/mol. The third kappa shape index (κ3) is 5.14. The number of carbonyl (C=O) groups is 1. The number of nitrogens with zero attached hydrogens (tertiary/aromatic N) is 1. The number of esters is 1. The Hall–Kier alpha value is -1.81. The van der Waals surface area contributed by atoms with Crippen molar-refractivity contribution in [2.75, 3.05) is 27.8 Å². The van der Waals surface area contributed by atoms with Gasteiger partial charge in [0.25, 0.3) is 0 Å². The first kappa shape index (κ1) is 15.2. The molecule has 1 aromatic carbocycles. The van der Waals surface area contributed by atoms with Crippen molar-refractivity contribution in [2.45, 2.75) is 13.5 Å². The first-order valence-electron chi connectivity index (χ1n) is 6.13. The van der Waals surface area contributed by atoms with Crippen molar-refractivity contribution in [3.05, 3.63) is 41.5 Å². The van der Waals surface area contributed by atoms with E-state index in [0.29, 0.717) is 12.1 Å². The molecule has 19 heavy (non-hydrogen) atoms. The molecule has 0 N–H and O–H groups in total. The maximum atomic E-state index is 11.2. The van der Waals surface area contributed by atoms with Gasteiger partial charge < -0.3 is 9.47 Å². The number of methoxy groups -OCH3 is 2. The van der Waals surface area contributed by atoms with Gasteiger partial charge in [-0.2, -0.15) is 0 Å². The van der Waals surface area contributed by atoms with Crippen molar-refractivity contribution in [3.63, 3.8) is 0 Å². The molecule has 0 fully saturated rings. The van der Waals surface area contributed by atoms with E-state index in [1.807, 2.05) is 37.4 Å². The molecular formula is C15H21NO3. The lowest BCUT2D eigenvalue weighted by Gasteiger charge is -2.15. The summed E-state index contributed by atoms with van der Waals surface area (Å²) in [6.45, 7) is 3.27. The minimum atomic E-state index is -0.280. The maximum absolute atomic E-state index is 11.2. The summed E-state index contributed by atoms with van der Waals surface area (Å²) in [6.07, 6.45) is 1.87. The SMILES string of the molecule is COC(=O)C(C)=CCN(C)Cc1ccc(OC)cc1. The largest absolute Gasteiger partial charge is 0.497 e. The highest BCUT2D eigenvalue weighted by Crippen LogP contribution is 2.12. The molecule has 0 aliphatic carbocycles. The van der Waals surface area contributed by atoms with Crippen LogP contribution in [-0.2, 0) is 16.1 Å². The minimum Gasteiger partial charge on any atom is -0.497 e. The molecule has 0 unspecified atom stereocenters. The lowest BCUT2D eigenvalue weighted by molar-refractivity contribution is -0.136. The molecule has 0 saturated heterocycles. The normalized spacial score (nSPS) is 11.5. The number of likely N-dealkylation sites (N-methyl/N-ethyl adjacent to an activating group) is 1. The smallest absolute Gasteiger partial charge is 0.333 e. The van der Waals surface area contributed by atoms with Crippen molar-refractivity contribution in [2.24, 2.45) is 0 Å². The standard InChI is InChI=1S/C15H21NO3/c1-12(15(17)19-4)9-10-16(2)11-13-5-7-14(18-3)8-6-13/h5-9H,10-11H2,1-4H3. The van der Waals surface area contributed by atoms with Gasteiger partial charge in [-0.1, -0.05) is 18.2 Å². The third-order valence-corrected chi connectivity index (χ3v) is 2.83. The third-order valence-electron chi connectivity index (χ3n) is 2.83. The van der Waals surface area contributed by atoms with Crippen LogP contribution in [-0.4, -0.2) is 38.7 Å². The fourth-order valence-electron chi connectivity index (χ4n) is 1.64. The Morgan fingerprint density at radius 2 is 1.89 bits per heavy atom. The zero-order valence-electron chi connectivity index (χ0n) is 12.0. The van der Waals surface area contributed by atoms with E-state index < -0.39 is 0 Å². The molecule has 0 aliphatic heterocycles. The Balaban J connectivity index is 2.50. The predicted octanol–water partition coefficient (Wildman–Crippen LogP) is 2.25. The van der Waals surface area contributed by atoms with Crippen LogP contribution in [0.4, 0.5) is 0 Å². The molecule has 0 bridgehead atoms. The van der Waals surface area contributed by atoms with Crippen molar-refractivity contribution in [1.82, 2.24) is 4.90 Å². The summed E-state index contributed by atoms with van der Waals surface area (Å²) in [7, 11) is 5.05. The summed E-state index contributed by atoms with van der Waals surface area (Å²) in [5.41, 5.74) is 1.83. The Bertz CT molecular complexity index is 437. The molecule has 0 radical (unpaired) electrons. The van der Waals surface area contributed by atoms with Crippen molar-refractivity contribution >= 4 is 5.97 Å². The quantitative estimate of drug-likeness (QED) is 0.583. The molecule has 1 rings (SSSR count). The van der Waals surface area contributed by atoms with Gasteiger partial charge in [-0.05, 0) is 31.7 Å². The van der Waals surface area contributed by atoms with Crippen LogP contribution < -0.4 is 4.74 Å². The van der Waals surface area contributed by atoms with Gasteiger partial charge in [0.2, 0.25) is 0 Å². The van der Waals surface area contributed by atoms with Gasteiger partial charge >= 0.3 is 5.97 Å². The lowest BCUT2D eigenvalue weighted by Crippen LogP contribution is -2.18. The average Bonchev–Trinajstić information content (AvgIpc) is 2.44. The topological polar surface area (TPSA) is 38.8 Å². The van der Waals surface area contributed by atoms with Crippen molar-refractivity contribution < 1.29 is 14.3 Å². The summed E-state index contributed by atoms with van der Waals surface area (Å²) < 4.78 is 9.77. The van der Waals surface area contributed by atoms with Gasteiger partial charge in [-0.3, -0.25) is 4.90 Å². The van der Waals surface area contributed by atoms with Gasteiger partial charge in [0.15, 0.2) is 0 Å². The number of carbonyl (C=O) groups excluding carboxylic acids is 1. The molecule has 0 amide bonds. The number of benzene rings is 1. The van der Waals surface area contributed by atoms with Crippen LogP contribution in [0.5, 0.6) is 5.75 Å². The van der Waals surface area contributed by atoms with Crippen LogP contribution in [0.2, 0.25) is 0 Å². The molecule has 0 heterocycles. The molecule has 0 aliphatic rings. The molecule has 0 saturated carbocycles. The van der Waals surface area contributed by atoms with Crippen molar-refractivity contribution in [3.8, 4) is 5.75 Å². The van der Waals surface area contributed by atoms with E-state index >= 15 is 0 Å². The van der Waals surface area contributed by atoms with Crippen LogP contribution in [0.1, 0.15) is 12.5 Å². The van der Waals surface area contributed by atoms with Crippen molar-refractivity contribution in [1.29, 1.82) is 0 Å². The second-order valence-electron chi connectivity index (χ2n) is 4.42. The first-order valence-corrected chi connectivity index (χ1v) is 6.13. The summed E-state index contributed by atoms with van der Waals surface area (Å²) in [5, 5.41) is 0. The molecule has 4 heteroatoms. The van der Waals surface area contributed by atoms with Gasteiger partial charge in [0.05, 0.1) is 14.2 Å². The Morgan fingerprint density at radius 1 is 1.26 bits per heavy atom. The first-order chi connectivity index (χ1) is 9.06.